The van der Waals surface area contributed by atoms with Gasteiger partial charge >= 0.3 is 0 Å². The van der Waals surface area contributed by atoms with Crippen molar-refractivity contribution < 1.29 is 4.79 Å². The molecule has 0 saturated heterocycles. The third-order valence-electron chi connectivity index (χ3n) is 2.39. The summed E-state index contributed by atoms with van der Waals surface area (Å²) in [6.07, 6.45) is 5.26. The Morgan fingerprint density at radius 1 is 1.53 bits per heavy atom. The number of nitrogens with zero attached hydrogens (tertiary/aromatic N) is 2. The first kappa shape index (κ1) is 12.9. The molecule has 1 amide bonds. The van der Waals surface area contributed by atoms with Crippen LogP contribution < -0.4 is 5.32 Å². The van der Waals surface area contributed by atoms with Gasteiger partial charge < -0.3 is 5.32 Å². The zero-order valence-corrected chi connectivity index (χ0v) is 10.0. The van der Waals surface area contributed by atoms with E-state index in [0.717, 1.165) is 5.57 Å². The van der Waals surface area contributed by atoms with Crippen molar-refractivity contribution in [2.75, 3.05) is 7.05 Å². The van der Waals surface area contributed by atoms with Crippen LogP contribution in [0.15, 0.2) is 37.0 Å². The summed E-state index contributed by atoms with van der Waals surface area (Å²) < 4.78 is 0. The molecule has 0 spiro atoms. The highest BCUT2D eigenvalue weighted by atomic mass is 16.2. The van der Waals surface area contributed by atoms with Gasteiger partial charge in [-0.1, -0.05) is 38.3 Å². The lowest BCUT2D eigenvalue weighted by Gasteiger charge is -2.08. The summed E-state index contributed by atoms with van der Waals surface area (Å²) in [6.45, 7) is 9.31. The van der Waals surface area contributed by atoms with Crippen LogP contribution in [-0.2, 0) is 0 Å². The van der Waals surface area contributed by atoms with Gasteiger partial charge in [0.2, 0.25) is 5.82 Å². The smallest absolute Gasteiger partial charge is 0.290 e. The van der Waals surface area contributed by atoms with Crippen molar-refractivity contribution in [3.63, 3.8) is 0 Å². The first-order valence-corrected chi connectivity index (χ1v) is 5.23. The first-order chi connectivity index (χ1) is 8.13. The zero-order valence-electron chi connectivity index (χ0n) is 10.0. The van der Waals surface area contributed by atoms with Crippen molar-refractivity contribution >= 4 is 5.91 Å². The number of nitrogens with one attached hydrogen (secondary N) is 2. The van der Waals surface area contributed by atoms with Crippen LogP contribution >= 0.6 is 0 Å². The van der Waals surface area contributed by atoms with Gasteiger partial charge in [-0.25, -0.2) is 4.98 Å². The van der Waals surface area contributed by atoms with Crippen LogP contribution in [0.1, 0.15) is 29.3 Å². The molecule has 90 valence electrons. The molecular formula is C12H16N4O. The second kappa shape index (κ2) is 5.79. The normalized spacial score (nSPS) is 12.9. The van der Waals surface area contributed by atoms with E-state index in [1.54, 1.807) is 12.2 Å². The molecule has 0 bridgehead atoms. The number of rotatable bonds is 5. The van der Waals surface area contributed by atoms with E-state index in [2.05, 4.69) is 33.7 Å². The molecule has 0 fully saturated rings. The highest BCUT2D eigenvalue weighted by Crippen LogP contribution is 2.21. The Bertz CT molecular complexity index is 459. The lowest BCUT2D eigenvalue weighted by Crippen LogP contribution is -2.19. The van der Waals surface area contributed by atoms with Gasteiger partial charge in [-0.3, -0.25) is 9.89 Å². The Hall–Kier alpha value is -2.17. The molecule has 1 atom stereocenters. The highest BCUT2D eigenvalue weighted by Gasteiger charge is 2.16. The molecule has 0 radical (unpaired) electrons. The maximum atomic E-state index is 11.3. The fraction of sp³-hybridized carbons (Fsp3) is 0.250. The van der Waals surface area contributed by atoms with Crippen LogP contribution in [0.2, 0.25) is 0 Å². The Kier molecular flexibility index (Phi) is 4.39. The fourth-order valence-corrected chi connectivity index (χ4v) is 1.36. The number of carbonyl (C=O) groups is 1. The van der Waals surface area contributed by atoms with Crippen molar-refractivity contribution in [3.8, 4) is 0 Å². The van der Waals surface area contributed by atoms with Crippen LogP contribution in [0, 0.1) is 0 Å². The van der Waals surface area contributed by atoms with E-state index < -0.39 is 0 Å². The van der Waals surface area contributed by atoms with Gasteiger partial charge in [-0.15, -0.1) is 5.10 Å². The van der Waals surface area contributed by atoms with Crippen molar-refractivity contribution in [2.45, 2.75) is 12.8 Å². The van der Waals surface area contributed by atoms with Crippen molar-refractivity contribution in [3.05, 3.63) is 48.6 Å². The van der Waals surface area contributed by atoms with Crippen LogP contribution in [-0.4, -0.2) is 28.1 Å². The molecule has 1 rings (SSSR count). The van der Waals surface area contributed by atoms with Crippen LogP contribution in [0.5, 0.6) is 0 Å². The third kappa shape index (κ3) is 2.90. The maximum absolute atomic E-state index is 11.3. The number of aromatic amines is 1. The summed E-state index contributed by atoms with van der Waals surface area (Å²) in [5, 5.41) is 9.07. The van der Waals surface area contributed by atoms with Crippen molar-refractivity contribution in [1.82, 2.24) is 20.5 Å². The Labute approximate surface area is 100 Å². The summed E-state index contributed by atoms with van der Waals surface area (Å²) in [7, 11) is 1.54. The summed E-state index contributed by atoms with van der Waals surface area (Å²) in [6, 6.07) is 0. The molecular weight excluding hydrogens is 216 g/mol. The van der Waals surface area contributed by atoms with E-state index in [1.807, 2.05) is 13.0 Å². The topological polar surface area (TPSA) is 70.7 Å². The predicted molar refractivity (Wildman–Crippen MR) is 66.7 cm³/mol. The van der Waals surface area contributed by atoms with Gasteiger partial charge in [0.25, 0.3) is 5.91 Å². The lowest BCUT2D eigenvalue weighted by molar-refractivity contribution is 0.0953. The first-order valence-electron chi connectivity index (χ1n) is 5.23. The van der Waals surface area contributed by atoms with E-state index in [0.29, 0.717) is 5.82 Å². The minimum atomic E-state index is -0.312. The zero-order chi connectivity index (χ0) is 12.8. The van der Waals surface area contributed by atoms with Gasteiger partial charge in [-0.2, -0.15) is 0 Å². The van der Waals surface area contributed by atoms with E-state index in [-0.39, 0.29) is 17.6 Å². The van der Waals surface area contributed by atoms with Crippen molar-refractivity contribution in [1.29, 1.82) is 0 Å². The van der Waals surface area contributed by atoms with Gasteiger partial charge in [0.05, 0.1) is 0 Å². The minimum Gasteiger partial charge on any atom is -0.352 e. The van der Waals surface area contributed by atoms with E-state index >= 15 is 0 Å². The van der Waals surface area contributed by atoms with Crippen LogP contribution in [0.4, 0.5) is 0 Å². The second-order valence-corrected chi connectivity index (χ2v) is 3.45. The highest BCUT2D eigenvalue weighted by molar-refractivity contribution is 5.90. The molecule has 1 aromatic rings. The average Bonchev–Trinajstić information content (AvgIpc) is 2.83. The number of hydrogen-bond donors (Lipinski definition) is 2. The van der Waals surface area contributed by atoms with Gasteiger partial charge in [-0.05, 0) is 5.57 Å². The van der Waals surface area contributed by atoms with E-state index in [1.165, 1.54) is 7.05 Å². The maximum Gasteiger partial charge on any atom is 0.290 e. The summed E-state index contributed by atoms with van der Waals surface area (Å²) >= 11 is 0. The summed E-state index contributed by atoms with van der Waals surface area (Å²) in [4.78, 5) is 15.4. The largest absolute Gasteiger partial charge is 0.352 e. The number of H-pyrrole nitrogens is 1. The Balaban J connectivity index is 2.97. The summed E-state index contributed by atoms with van der Waals surface area (Å²) in [5.41, 5.74) is 0.958. The molecule has 2 N–H and O–H groups in total. The molecule has 5 nitrogen and oxygen atoms in total. The average molecular weight is 232 g/mol. The Morgan fingerprint density at radius 3 is 2.76 bits per heavy atom. The molecule has 0 aliphatic rings. The molecule has 0 aromatic carbocycles. The molecule has 1 heterocycles. The SMILES string of the molecule is C=C/C=C(\C=C)C(C)c1nc(C(=O)NC)n[nH]1. The molecule has 0 aliphatic carbocycles. The number of carbonyl (C=O) groups excluding carboxylic acids is 1. The molecule has 1 aromatic heterocycles. The molecule has 0 saturated carbocycles. The number of amides is 1. The van der Waals surface area contributed by atoms with Crippen LogP contribution in [0.3, 0.4) is 0 Å². The van der Waals surface area contributed by atoms with E-state index in [4.69, 9.17) is 0 Å². The molecule has 5 heteroatoms. The fourth-order valence-electron chi connectivity index (χ4n) is 1.36. The van der Waals surface area contributed by atoms with Crippen molar-refractivity contribution in [2.24, 2.45) is 0 Å². The molecule has 17 heavy (non-hydrogen) atoms. The quantitative estimate of drug-likeness (QED) is 0.757. The number of aromatic nitrogens is 3. The monoisotopic (exact) mass is 232 g/mol. The van der Waals surface area contributed by atoms with Crippen LogP contribution in [0.25, 0.3) is 0 Å². The predicted octanol–water partition coefficient (Wildman–Crippen LogP) is 1.57. The standard InChI is InChI=1S/C12H16N4O/c1-5-7-9(6-2)8(3)10-14-11(16-15-10)12(17)13-4/h5-8H,1-2H2,3-4H3,(H,13,17)(H,14,15,16)/b9-7+. The van der Waals surface area contributed by atoms with Gasteiger partial charge in [0, 0.05) is 13.0 Å². The summed E-state index contributed by atoms with van der Waals surface area (Å²) in [5.74, 6) is 0.428. The minimum absolute atomic E-state index is 0.0172. The number of allylic oxidation sites excluding steroid dienone is 4. The molecule has 1 unspecified atom stereocenters. The third-order valence-corrected chi connectivity index (χ3v) is 2.39. The Morgan fingerprint density at radius 2 is 2.24 bits per heavy atom. The lowest BCUT2D eigenvalue weighted by atomic mass is 10.0. The van der Waals surface area contributed by atoms with Gasteiger partial charge in [0.15, 0.2) is 0 Å². The molecule has 0 aliphatic heterocycles. The van der Waals surface area contributed by atoms with E-state index in [9.17, 15) is 4.79 Å². The second-order valence-electron chi connectivity index (χ2n) is 3.45. The number of hydrogen-bond acceptors (Lipinski definition) is 3. The van der Waals surface area contributed by atoms with Gasteiger partial charge in [0.1, 0.15) is 5.82 Å².